The third-order valence-electron chi connectivity index (χ3n) is 2.91. The molecule has 5 nitrogen and oxygen atoms in total. The number of nitrogens with two attached hydrogens (primary N) is 1. The van der Waals surface area contributed by atoms with Crippen molar-refractivity contribution in [2.75, 3.05) is 26.8 Å². The number of amides is 1. The van der Waals surface area contributed by atoms with Gasteiger partial charge in [-0.05, 0) is 12.8 Å². The van der Waals surface area contributed by atoms with Crippen LogP contribution in [0.2, 0.25) is 0 Å². The quantitative estimate of drug-likeness (QED) is 0.639. The van der Waals surface area contributed by atoms with E-state index in [0.717, 1.165) is 19.4 Å². The molecule has 1 fully saturated rings. The number of aliphatic hydroxyl groups is 1. The Kier molecular flexibility index (Phi) is 5.01. The summed E-state index contributed by atoms with van der Waals surface area (Å²) in [7, 11) is 1.55. The summed E-state index contributed by atoms with van der Waals surface area (Å²) < 4.78 is 5.06. The van der Waals surface area contributed by atoms with Gasteiger partial charge in [0.25, 0.3) is 0 Å². The SMILES string of the molecule is COC(CN)CC(=O)N1CCCC1CO. The summed E-state index contributed by atoms with van der Waals surface area (Å²) >= 11 is 0. The molecule has 1 heterocycles. The highest BCUT2D eigenvalue weighted by atomic mass is 16.5. The van der Waals surface area contributed by atoms with Crippen LogP contribution >= 0.6 is 0 Å². The minimum absolute atomic E-state index is 0.00668. The minimum Gasteiger partial charge on any atom is -0.394 e. The van der Waals surface area contributed by atoms with Crippen LogP contribution in [-0.4, -0.2) is 54.9 Å². The molecule has 2 atom stereocenters. The molecule has 2 unspecified atom stereocenters. The van der Waals surface area contributed by atoms with Crippen LogP contribution in [0.1, 0.15) is 19.3 Å². The van der Waals surface area contributed by atoms with Crippen molar-refractivity contribution >= 4 is 5.91 Å². The van der Waals surface area contributed by atoms with Gasteiger partial charge in [-0.1, -0.05) is 0 Å². The largest absolute Gasteiger partial charge is 0.394 e. The molecule has 0 radical (unpaired) electrons. The van der Waals surface area contributed by atoms with Crippen LogP contribution in [-0.2, 0) is 9.53 Å². The van der Waals surface area contributed by atoms with E-state index in [1.54, 1.807) is 12.0 Å². The second-order valence-corrected chi connectivity index (χ2v) is 3.86. The van der Waals surface area contributed by atoms with E-state index in [2.05, 4.69) is 0 Å². The zero-order chi connectivity index (χ0) is 11.3. The predicted molar refractivity (Wildman–Crippen MR) is 56.3 cm³/mol. The van der Waals surface area contributed by atoms with Gasteiger partial charge in [-0.15, -0.1) is 0 Å². The van der Waals surface area contributed by atoms with Crippen LogP contribution < -0.4 is 5.73 Å². The molecule has 15 heavy (non-hydrogen) atoms. The summed E-state index contributed by atoms with van der Waals surface area (Å²) in [5.41, 5.74) is 5.45. The van der Waals surface area contributed by atoms with Gasteiger partial charge < -0.3 is 20.5 Å². The Bertz CT molecular complexity index is 207. The number of carbonyl (C=O) groups excluding carboxylic acids is 1. The standard InChI is InChI=1S/C10H20N2O3/c1-15-9(6-11)5-10(14)12-4-2-3-8(12)7-13/h8-9,13H,2-7,11H2,1H3. The Morgan fingerprint density at radius 3 is 3.00 bits per heavy atom. The van der Waals surface area contributed by atoms with Gasteiger partial charge in [-0.2, -0.15) is 0 Å². The first kappa shape index (κ1) is 12.4. The number of ether oxygens (including phenoxy) is 1. The average molecular weight is 216 g/mol. The molecule has 0 saturated carbocycles. The molecule has 88 valence electrons. The molecule has 1 aliphatic rings. The van der Waals surface area contributed by atoms with E-state index in [1.165, 1.54) is 0 Å². The monoisotopic (exact) mass is 216 g/mol. The van der Waals surface area contributed by atoms with Gasteiger partial charge in [0, 0.05) is 20.2 Å². The van der Waals surface area contributed by atoms with Crippen LogP contribution in [0.5, 0.6) is 0 Å². The highest BCUT2D eigenvalue weighted by molar-refractivity contribution is 5.77. The third-order valence-corrected chi connectivity index (χ3v) is 2.91. The van der Waals surface area contributed by atoms with Crippen molar-refractivity contribution < 1.29 is 14.6 Å². The van der Waals surface area contributed by atoms with Gasteiger partial charge >= 0.3 is 0 Å². The van der Waals surface area contributed by atoms with Crippen molar-refractivity contribution in [3.8, 4) is 0 Å². The number of aliphatic hydroxyl groups excluding tert-OH is 1. The maximum absolute atomic E-state index is 11.8. The average Bonchev–Trinajstić information content (AvgIpc) is 2.73. The fraction of sp³-hybridized carbons (Fsp3) is 0.900. The number of methoxy groups -OCH3 is 1. The van der Waals surface area contributed by atoms with Crippen molar-refractivity contribution in [3.05, 3.63) is 0 Å². The molecule has 0 bridgehead atoms. The van der Waals surface area contributed by atoms with Crippen molar-refractivity contribution in [1.82, 2.24) is 4.90 Å². The lowest BCUT2D eigenvalue weighted by molar-refractivity contribution is -0.135. The number of hydrogen-bond acceptors (Lipinski definition) is 4. The first-order valence-corrected chi connectivity index (χ1v) is 5.36. The zero-order valence-electron chi connectivity index (χ0n) is 9.19. The molecule has 1 aliphatic heterocycles. The number of carbonyl (C=O) groups is 1. The molecule has 1 rings (SSSR count). The molecular weight excluding hydrogens is 196 g/mol. The highest BCUT2D eigenvalue weighted by Gasteiger charge is 2.28. The maximum atomic E-state index is 11.8. The first-order chi connectivity index (χ1) is 7.22. The molecular formula is C10H20N2O3. The molecule has 5 heteroatoms. The summed E-state index contributed by atoms with van der Waals surface area (Å²) in [5, 5.41) is 9.08. The highest BCUT2D eigenvalue weighted by Crippen LogP contribution is 2.18. The topological polar surface area (TPSA) is 75.8 Å². The van der Waals surface area contributed by atoms with E-state index in [4.69, 9.17) is 15.6 Å². The van der Waals surface area contributed by atoms with Crippen molar-refractivity contribution in [3.63, 3.8) is 0 Å². The van der Waals surface area contributed by atoms with Crippen LogP contribution in [0.3, 0.4) is 0 Å². The lowest BCUT2D eigenvalue weighted by Gasteiger charge is -2.24. The summed E-state index contributed by atoms with van der Waals surface area (Å²) in [4.78, 5) is 13.6. The fourth-order valence-electron chi connectivity index (χ4n) is 1.93. The van der Waals surface area contributed by atoms with E-state index in [1.807, 2.05) is 0 Å². The third kappa shape index (κ3) is 3.15. The molecule has 0 aromatic rings. The van der Waals surface area contributed by atoms with E-state index in [0.29, 0.717) is 13.0 Å². The van der Waals surface area contributed by atoms with Crippen molar-refractivity contribution in [2.45, 2.75) is 31.4 Å². The fourth-order valence-corrected chi connectivity index (χ4v) is 1.93. The van der Waals surface area contributed by atoms with Crippen LogP contribution in [0.15, 0.2) is 0 Å². The van der Waals surface area contributed by atoms with Crippen LogP contribution in [0.25, 0.3) is 0 Å². The van der Waals surface area contributed by atoms with Gasteiger partial charge in [0.15, 0.2) is 0 Å². The van der Waals surface area contributed by atoms with Gasteiger partial charge in [0.1, 0.15) is 0 Å². The second kappa shape index (κ2) is 6.05. The maximum Gasteiger partial charge on any atom is 0.225 e. The molecule has 3 N–H and O–H groups in total. The summed E-state index contributed by atoms with van der Waals surface area (Å²) in [6.45, 7) is 1.14. The Labute approximate surface area is 90.2 Å². The molecule has 0 aromatic heterocycles. The first-order valence-electron chi connectivity index (χ1n) is 5.36. The molecule has 1 amide bonds. The molecule has 1 saturated heterocycles. The Hall–Kier alpha value is -0.650. The summed E-state index contributed by atoms with van der Waals surface area (Å²) in [5.74, 6) is 0.0313. The van der Waals surface area contributed by atoms with Crippen molar-refractivity contribution in [2.24, 2.45) is 5.73 Å². The van der Waals surface area contributed by atoms with E-state index in [-0.39, 0.29) is 24.7 Å². The predicted octanol–water partition coefficient (Wildman–Crippen LogP) is -0.666. The van der Waals surface area contributed by atoms with Crippen LogP contribution in [0.4, 0.5) is 0 Å². The smallest absolute Gasteiger partial charge is 0.225 e. The summed E-state index contributed by atoms with van der Waals surface area (Å²) in [6, 6.07) is -0.00668. The molecule has 0 aromatic carbocycles. The minimum atomic E-state index is -0.211. The molecule has 0 spiro atoms. The van der Waals surface area contributed by atoms with Gasteiger partial charge in [-0.3, -0.25) is 4.79 Å². The van der Waals surface area contributed by atoms with Gasteiger partial charge in [0.05, 0.1) is 25.2 Å². The van der Waals surface area contributed by atoms with Crippen LogP contribution in [0, 0.1) is 0 Å². The zero-order valence-corrected chi connectivity index (χ0v) is 9.19. The number of hydrogen-bond donors (Lipinski definition) is 2. The molecule has 0 aliphatic carbocycles. The van der Waals surface area contributed by atoms with Gasteiger partial charge in [-0.25, -0.2) is 0 Å². The number of likely N-dealkylation sites (tertiary alicyclic amines) is 1. The second-order valence-electron chi connectivity index (χ2n) is 3.86. The summed E-state index contributed by atoms with van der Waals surface area (Å²) in [6.07, 6.45) is 1.96. The Balaban J connectivity index is 2.45. The number of rotatable bonds is 5. The lowest BCUT2D eigenvalue weighted by Crippen LogP contribution is -2.40. The van der Waals surface area contributed by atoms with E-state index >= 15 is 0 Å². The Morgan fingerprint density at radius 2 is 2.47 bits per heavy atom. The van der Waals surface area contributed by atoms with E-state index in [9.17, 15) is 4.79 Å². The van der Waals surface area contributed by atoms with Gasteiger partial charge in [0.2, 0.25) is 5.91 Å². The number of nitrogens with zero attached hydrogens (tertiary/aromatic N) is 1. The normalized spacial score (nSPS) is 23.1. The van der Waals surface area contributed by atoms with E-state index < -0.39 is 0 Å². The lowest BCUT2D eigenvalue weighted by atomic mass is 10.2. The Morgan fingerprint density at radius 1 is 1.73 bits per heavy atom. The van der Waals surface area contributed by atoms with Crippen molar-refractivity contribution in [1.29, 1.82) is 0 Å².